The molecule has 0 radical (unpaired) electrons. The Bertz CT molecular complexity index is 1300. The Morgan fingerprint density at radius 1 is 1.06 bits per heavy atom. The first-order chi connectivity index (χ1) is 17.6. The zero-order valence-corrected chi connectivity index (χ0v) is 19.9. The number of para-hydroxylation sites is 1. The molecule has 4 aromatic rings. The number of tetrazole rings is 1. The lowest BCUT2D eigenvalue weighted by Crippen LogP contribution is -2.46. The van der Waals surface area contributed by atoms with Gasteiger partial charge in [0.1, 0.15) is 12.1 Å². The summed E-state index contributed by atoms with van der Waals surface area (Å²) in [6.07, 6.45) is 0.476. The van der Waals surface area contributed by atoms with Crippen molar-refractivity contribution in [2.24, 2.45) is 0 Å². The minimum atomic E-state index is -0.796. The molecule has 0 aliphatic carbocycles. The molecule has 4 rings (SSSR count). The first kappa shape index (κ1) is 24.6. The Hall–Kier alpha value is -4.55. The number of rotatable bonds is 11. The third-order valence-corrected chi connectivity index (χ3v) is 5.51. The molecule has 0 aliphatic heterocycles. The first-order valence-corrected chi connectivity index (χ1v) is 11.6. The molecule has 1 heterocycles. The molecule has 9 heteroatoms. The van der Waals surface area contributed by atoms with E-state index in [1.54, 1.807) is 0 Å². The summed E-state index contributed by atoms with van der Waals surface area (Å²) in [6, 6.07) is 25.9. The summed E-state index contributed by atoms with van der Waals surface area (Å²) in [4.78, 5) is 13.2. The van der Waals surface area contributed by atoms with Crippen LogP contribution in [0.2, 0.25) is 0 Å². The maximum absolute atomic E-state index is 13.2. The Labute approximate surface area is 209 Å². The number of hydrogen-bond donors (Lipinski definition) is 3. The molecular formula is C27H27N7O2. The molecule has 0 saturated heterocycles. The quantitative estimate of drug-likeness (QED) is 0.299. The number of aryl methyl sites for hydroxylation is 1. The molecule has 3 aromatic carbocycles. The van der Waals surface area contributed by atoms with E-state index in [-0.39, 0.29) is 19.1 Å². The molecule has 36 heavy (non-hydrogen) atoms. The lowest BCUT2D eigenvalue weighted by molar-refractivity contribution is -0.122. The fourth-order valence-corrected chi connectivity index (χ4v) is 3.78. The summed E-state index contributed by atoms with van der Waals surface area (Å²) in [5.74, 6) is 0.221. The first-order valence-electron chi connectivity index (χ1n) is 11.6. The highest BCUT2D eigenvalue weighted by Crippen LogP contribution is 2.16. The van der Waals surface area contributed by atoms with Gasteiger partial charge >= 0.3 is 0 Å². The van der Waals surface area contributed by atoms with Crippen LogP contribution in [0, 0.1) is 18.3 Å². The van der Waals surface area contributed by atoms with Crippen LogP contribution in [0.4, 0.5) is 5.69 Å². The Morgan fingerprint density at radius 2 is 1.86 bits per heavy atom. The molecule has 2 unspecified atom stereocenters. The van der Waals surface area contributed by atoms with Crippen molar-refractivity contribution in [1.29, 1.82) is 5.26 Å². The number of nitriles is 1. The van der Waals surface area contributed by atoms with Gasteiger partial charge in [0.2, 0.25) is 11.7 Å². The highest BCUT2D eigenvalue weighted by atomic mass is 16.5. The van der Waals surface area contributed by atoms with Crippen LogP contribution in [0.5, 0.6) is 0 Å². The number of carbonyl (C=O) groups is 1. The van der Waals surface area contributed by atoms with Gasteiger partial charge in [-0.25, -0.2) is 0 Å². The summed E-state index contributed by atoms with van der Waals surface area (Å²) in [6.45, 7) is 2.34. The van der Waals surface area contributed by atoms with Gasteiger partial charge in [0, 0.05) is 17.7 Å². The predicted molar refractivity (Wildman–Crippen MR) is 136 cm³/mol. The predicted octanol–water partition coefficient (Wildman–Crippen LogP) is 3.42. The van der Waals surface area contributed by atoms with E-state index in [1.807, 2.05) is 79.7 Å². The van der Waals surface area contributed by atoms with Crippen LogP contribution < -0.4 is 10.6 Å². The molecule has 0 fully saturated rings. The Morgan fingerprint density at radius 3 is 2.61 bits per heavy atom. The minimum Gasteiger partial charge on any atom is -0.374 e. The van der Waals surface area contributed by atoms with E-state index < -0.39 is 12.1 Å². The van der Waals surface area contributed by atoms with Crippen molar-refractivity contribution in [3.05, 3.63) is 95.6 Å². The van der Waals surface area contributed by atoms with Crippen LogP contribution in [-0.4, -0.2) is 45.2 Å². The fourth-order valence-electron chi connectivity index (χ4n) is 3.78. The van der Waals surface area contributed by atoms with Crippen molar-refractivity contribution < 1.29 is 9.53 Å². The van der Waals surface area contributed by atoms with Crippen LogP contribution >= 0.6 is 0 Å². The molecule has 182 valence electrons. The number of amides is 1. The fraction of sp³-hybridized carbons (Fsp3) is 0.222. The second-order valence-corrected chi connectivity index (χ2v) is 8.40. The molecule has 3 N–H and O–H groups in total. The minimum absolute atomic E-state index is 0.0528. The maximum Gasteiger partial charge on any atom is 0.243 e. The van der Waals surface area contributed by atoms with Gasteiger partial charge in [-0.15, -0.1) is 10.2 Å². The Kier molecular flexibility index (Phi) is 8.35. The van der Waals surface area contributed by atoms with Gasteiger partial charge in [0.15, 0.2) is 0 Å². The summed E-state index contributed by atoms with van der Waals surface area (Å²) < 4.78 is 5.76. The average molecular weight is 482 g/mol. The largest absolute Gasteiger partial charge is 0.374 e. The number of anilines is 1. The van der Waals surface area contributed by atoms with E-state index in [4.69, 9.17) is 4.74 Å². The summed E-state index contributed by atoms with van der Waals surface area (Å²) in [5.41, 5.74) is 4.68. The molecule has 0 saturated carbocycles. The SMILES string of the molecule is Cc1cccc(CC(Nc2ccccc2)C(=O)NC(C#N)COCc2cccc(-c3nn[nH]n3)c2)c1. The number of nitrogens with zero attached hydrogens (tertiary/aromatic N) is 4. The van der Waals surface area contributed by atoms with Crippen molar-refractivity contribution in [2.75, 3.05) is 11.9 Å². The number of aromatic nitrogens is 4. The van der Waals surface area contributed by atoms with E-state index in [9.17, 15) is 10.1 Å². The summed E-state index contributed by atoms with van der Waals surface area (Å²) >= 11 is 0. The monoisotopic (exact) mass is 481 g/mol. The van der Waals surface area contributed by atoms with Gasteiger partial charge in [-0.05, 0) is 41.5 Å². The smallest absolute Gasteiger partial charge is 0.243 e. The average Bonchev–Trinajstić information content (AvgIpc) is 3.44. The second kappa shape index (κ2) is 12.2. The van der Waals surface area contributed by atoms with E-state index >= 15 is 0 Å². The number of nitrogens with one attached hydrogen (secondary N) is 3. The topological polar surface area (TPSA) is 129 Å². The van der Waals surface area contributed by atoms with Gasteiger partial charge in [0.25, 0.3) is 0 Å². The number of aromatic amines is 1. The van der Waals surface area contributed by atoms with Crippen molar-refractivity contribution in [3.63, 3.8) is 0 Å². The van der Waals surface area contributed by atoms with Gasteiger partial charge in [-0.1, -0.05) is 66.2 Å². The van der Waals surface area contributed by atoms with Crippen molar-refractivity contribution in [2.45, 2.75) is 32.0 Å². The Balaban J connectivity index is 1.37. The molecule has 0 bridgehead atoms. The third kappa shape index (κ3) is 6.98. The van der Waals surface area contributed by atoms with E-state index in [0.29, 0.717) is 12.2 Å². The second-order valence-electron chi connectivity index (χ2n) is 8.40. The van der Waals surface area contributed by atoms with E-state index in [0.717, 1.165) is 27.9 Å². The highest BCUT2D eigenvalue weighted by molar-refractivity contribution is 5.85. The summed E-state index contributed by atoms with van der Waals surface area (Å²) in [5, 5.41) is 29.7. The zero-order valence-electron chi connectivity index (χ0n) is 19.9. The number of hydrogen-bond acceptors (Lipinski definition) is 7. The lowest BCUT2D eigenvalue weighted by Gasteiger charge is -2.22. The maximum atomic E-state index is 13.2. The van der Waals surface area contributed by atoms with Crippen molar-refractivity contribution >= 4 is 11.6 Å². The number of carbonyl (C=O) groups excluding carboxylic acids is 1. The van der Waals surface area contributed by atoms with Crippen LogP contribution in [0.15, 0.2) is 78.9 Å². The van der Waals surface area contributed by atoms with E-state index in [1.165, 1.54) is 0 Å². The number of benzene rings is 3. The zero-order chi connectivity index (χ0) is 25.2. The molecule has 0 spiro atoms. The van der Waals surface area contributed by atoms with Gasteiger partial charge < -0.3 is 15.4 Å². The normalized spacial score (nSPS) is 12.3. The van der Waals surface area contributed by atoms with Gasteiger partial charge in [0.05, 0.1) is 19.3 Å². The van der Waals surface area contributed by atoms with Crippen LogP contribution in [-0.2, 0) is 22.6 Å². The van der Waals surface area contributed by atoms with Gasteiger partial charge in [-0.3, -0.25) is 4.79 Å². The summed E-state index contributed by atoms with van der Waals surface area (Å²) in [7, 11) is 0. The molecule has 9 nitrogen and oxygen atoms in total. The van der Waals surface area contributed by atoms with Crippen molar-refractivity contribution in [3.8, 4) is 17.5 Å². The van der Waals surface area contributed by atoms with Crippen molar-refractivity contribution in [1.82, 2.24) is 25.9 Å². The third-order valence-electron chi connectivity index (χ3n) is 5.51. The molecule has 2 atom stereocenters. The number of ether oxygens (including phenoxy) is 1. The molecule has 1 aromatic heterocycles. The molecule has 1 amide bonds. The highest BCUT2D eigenvalue weighted by Gasteiger charge is 2.22. The molecular weight excluding hydrogens is 454 g/mol. The molecule has 0 aliphatic rings. The van der Waals surface area contributed by atoms with Crippen LogP contribution in [0.25, 0.3) is 11.4 Å². The number of H-pyrrole nitrogens is 1. The van der Waals surface area contributed by atoms with E-state index in [2.05, 4.69) is 43.4 Å². The van der Waals surface area contributed by atoms with Crippen LogP contribution in [0.3, 0.4) is 0 Å². The van der Waals surface area contributed by atoms with Gasteiger partial charge in [-0.2, -0.15) is 10.5 Å². The van der Waals surface area contributed by atoms with Crippen LogP contribution in [0.1, 0.15) is 16.7 Å². The lowest BCUT2D eigenvalue weighted by atomic mass is 10.0. The standard InChI is InChI=1S/C27H27N7O2/c1-19-7-5-8-20(13-19)15-25(29-23-11-3-2-4-12-23)27(35)30-24(16-28)18-36-17-21-9-6-10-22(14-21)26-31-33-34-32-26/h2-14,24-25,29H,15,17-18H2,1H3,(H,30,35)(H,31,32,33,34).